The highest BCUT2D eigenvalue weighted by atomic mass is 19.4. The molecule has 0 saturated heterocycles. The highest BCUT2D eigenvalue weighted by Gasteiger charge is 2.37. The van der Waals surface area contributed by atoms with E-state index in [9.17, 15) is 18.0 Å². The van der Waals surface area contributed by atoms with E-state index in [0.717, 1.165) is 6.92 Å². The lowest BCUT2D eigenvalue weighted by Crippen LogP contribution is -2.37. The lowest BCUT2D eigenvalue weighted by molar-refractivity contribution is -0.172. The monoisotopic (exact) mass is 197 g/mol. The first-order valence-electron chi connectivity index (χ1n) is 4.03. The molecule has 0 aliphatic rings. The zero-order chi connectivity index (χ0) is 10.6. The molecule has 0 spiro atoms. The third-order valence-electron chi connectivity index (χ3n) is 1.99. The van der Waals surface area contributed by atoms with Gasteiger partial charge in [-0.15, -0.1) is 0 Å². The second-order valence-corrected chi connectivity index (χ2v) is 3.13. The van der Waals surface area contributed by atoms with Crippen LogP contribution in [0.2, 0.25) is 0 Å². The van der Waals surface area contributed by atoms with Gasteiger partial charge in [0.2, 0.25) is 0 Å². The largest absolute Gasteiger partial charge is 0.391 e. The van der Waals surface area contributed by atoms with Crippen LogP contribution >= 0.6 is 0 Å². The fraction of sp³-hybridized carbons (Fsp3) is 0.875. The number of carbonyl (C=O) groups excluding carboxylic acids is 1. The summed E-state index contributed by atoms with van der Waals surface area (Å²) in [4.78, 5) is 10.8. The lowest BCUT2D eigenvalue weighted by Gasteiger charge is -2.20. The Hall–Kier alpha value is -0.580. The van der Waals surface area contributed by atoms with Gasteiger partial charge in [-0.25, -0.2) is 0 Å². The third-order valence-corrected chi connectivity index (χ3v) is 1.99. The molecule has 0 aromatic rings. The van der Waals surface area contributed by atoms with Crippen molar-refractivity contribution >= 4 is 5.78 Å². The average Bonchev–Trinajstić information content (AvgIpc) is 1.96. The molecule has 2 atom stereocenters. The lowest BCUT2D eigenvalue weighted by atomic mass is 9.99. The number of carbonyl (C=O) groups is 1. The average molecular weight is 197 g/mol. The number of Topliss-reactive ketones (excluding diaryl/α,β-unsaturated/α-hetero) is 1. The summed E-state index contributed by atoms with van der Waals surface area (Å²) in [5, 5.41) is 2.55. The SMILES string of the molecule is CNC(CC(C)C(F)(F)F)C(C)=O. The number of ketones is 1. The molecule has 0 saturated carbocycles. The van der Waals surface area contributed by atoms with Gasteiger partial charge >= 0.3 is 6.18 Å². The highest BCUT2D eigenvalue weighted by Crippen LogP contribution is 2.29. The zero-order valence-corrected chi connectivity index (χ0v) is 7.90. The predicted molar refractivity (Wildman–Crippen MR) is 43.4 cm³/mol. The molecule has 5 heteroatoms. The van der Waals surface area contributed by atoms with Crippen molar-refractivity contribution < 1.29 is 18.0 Å². The number of halogens is 3. The van der Waals surface area contributed by atoms with E-state index in [0.29, 0.717) is 0 Å². The van der Waals surface area contributed by atoms with Crippen LogP contribution in [0.25, 0.3) is 0 Å². The van der Waals surface area contributed by atoms with Crippen molar-refractivity contribution in [1.29, 1.82) is 0 Å². The number of hydrogen-bond donors (Lipinski definition) is 1. The van der Waals surface area contributed by atoms with Crippen molar-refractivity contribution in [3.8, 4) is 0 Å². The molecule has 0 fully saturated rings. The maximum absolute atomic E-state index is 12.1. The van der Waals surface area contributed by atoms with Crippen LogP contribution in [0.15, 0.2) is 0 Å². The van der Waals surface area contributed by atoms with Gasteiger partial charge in [0.25, 0.3) is 0 Å². The van der Waals surface area contributed by atoms with Crippen LogP contribution in [-0.2, 0) is 4.79 Å². The second-order valence-electron chi connectivity index (χ2n) is 3.13. The summed E-state index contributed by atoms with van der Waals surface area (Å²) in [6, 6.07) is -0.698. The van der Waals surface area contributed by atoms with Gasteiger partial charge in [0.1, 0.15) is 5.78 Å². The van der Waals surface area contributed by atoms with Crippen LogP contribution in [0.5, 0.6) is 0 Å². The van der Waals surface area contributed by atoms with Gasteiger partial charge in [-0.2, -0.15) is 13.2 Å². The summed E-state index contributed by atoms with van der Waals surface area (Å²) < 4.78 is 36.2. The molecule has 2 nitrogen and oxygen atoms in total. The van der Waals surface area contributed by atoms with Crippen molar-refractivity contribution in [2.24, 2.45) is 5.92 Å². The summed E-state index contributed by atoms with van der Waals surface area (Å²) in [5.74, 6) is -1.72. The minimum absolute atomic E-state index is 0.199. The Morgan fingerprint density at radius 3 is 2.15 bits per heavy atom. The molecule has 0 aliphatic heterocycles. The molecular weight excluding hydrogens is 183 g/mol. The smallest absolute Gasteiger partial charge is 0.311 e. The van der Waals surface area contributed by atoms with E-state index in [4.69, 9.17) is 0 Å². The topological polar surface area (TPSA) is 29.1 Å². The number of alkyl halides is 3. The second kappa shape index (κ2) is 4.60. The van der Waals surface area contributed by atoms with Gasteiger partial charge in [0.15, 0.2) is 0 Å². The Bertz CT molecular complexity index is 179. The molecule has 0 aromatic heterocycles. The van der Waals surface area contributed by atoms with Crippen LogP contribution in [-0.4, -0.2) is 25.0 Å². The Morgan fingerprint density at radius 1 is 1.46 bits per heavy atom. The minimum Gasteiger partial charge on any atom is -0.311 e. The molecule has 0 rings (SSSR count). The molecule has 13 heavy (non-hydrogen) atoms. The van der Waals surface area contributed by atoms with E-state index in [1.54, 1.807) is 0 Å². The maximum atomic E-state index is 12.1. The van der Waals surface area contributed by atoms with Crippen molar-refractivity contribution in [2.45, 2.75) is 32.5 Å². The van der Waals surface area contributed by atoms with E-state index in [-0.39, 0.29) is 12.2 Å². The van der Waals surface area contributed by atoms with Gasteiger partial charge in [-0.1, -0.05) is 6.92 Å². The van der Waals surface area contributed by atoms with Crippen molar-refractivity contribution in [1.82, 2.24) is 5.32 Å². The summed E-state index contributed by atoms with van der Waals surface area (Å²) in [7, 11) is 1.48. The molecule has 1 N–H and O–H groups in total. The highest BCUT2D eigenvalue weighted by molar-refractivity contribution is 5.81. The minimum atomic E-state index is -4.22. The number of hydrogen-bond acceptors (Lipinski definition) is 2. The summed E-state index contributed by atoms with van der Waals surface area (Å²) >= 11 is 0. The van der Waals surface area contributed by atoms with Crippen LogP contribution in [0.1, 0.15) is 20.3 Å². The standard InChI is InChI=1S/C8H14F3NO/c1-5(8(9,10)11)4-7(12-3)6(2)13/h5,7,12H,4H2,1-3H3. The van der Waals surface area contributed by atoms with E-state index >= 15 is 0 Å². The van der Waals surface area contributed by atoms with Gasteiger partial charge in [-0.05, 0) is 20.4 Å². The molecule has 0 amide bonds. The number of nitrogens with one attached hydrogen (secondary N) is 1. The molecule has 2 unspecified atom stereocenters. The van der Waals surface area contributed by atoms with Gasteiger partial charge in [-0.3, -0.25) is 4.79 Å². The Morgan fingerprint density at radius 2 is 1.92 bits per heavy atom. The van der Waals surface area contributed by atoms with E-state index < -0.39 is 18.1 Å². The van der Waals surface area contributed by atoms with Crippen LogP contribution in [0.3, 0.4) is 0 Å². The van der Waals surface area contributed by atoms with Crippen LogP contribution in [0, 0.1) is 5.92 Å². The Labute approximate surface area is 75.5 Å². The third kappa shape index (κ3) is 4.26. The first kappa shape index (κ1) is 12.4. The number of rotatable bonds is 4. The van der Waals surface area contributed by atoms with Gasteiger partial charge < -0.3 is 5.32 Å². The quantitative estimate of drug-likeness (QED) is 0.743. The summed E-state index contributed by atoms with van der Waals surface area (Å²) in [5.41, 5.74) is 0. The molecule has 0 aromatic carbocycles. The molecule has 0 aliphatic carbocycles. The fourth-order valence-electron chi connectivity index (χ4n) is 0.974. The first-order valence-corrected chi connectivity index (χ1v) is 4.03. The van der Waals surface area contributed by atoms with E-state index in [1.807, 2.05) is 0 Å². The predicted octanol–water partition coefficient (Wildman–Crippen LogP) is 1.75. The maximum Gasteiger partial charge on any atom is 0.391 e. The van der Waals surface area contributed by atoms with E-state index in [1.165, 1.54) is 14.0 Å². The van der Waals surface area contributed by atoms with Gasteiger partial charge in [0, 0.05) is 0 Å². The fourth-order valence-corrected chi connectivity index (χ4v) is 0.974. The van der Waals surface area contributed by atoms with E-state index in [2.05, 4.69) is 5.32 Å². The normalized spacial score (nSPS) is 16.8. The summed E-state index contributed by atoms with van der Waals surface area (Å²) in [6.07, 6.45) is -4.42. The Kier molecular flexibility index (Phi) is 4.39. The van der Waals surface area contributed by atoms with Gasteiger partial charge in [0.05, 0.1) is 12.0 Å². The van der Waals surface area contributed by atoms with Crippen LogP contribution in [0.4, 0.5) is 13.2 Å². The van der Waals surface area contributed by atoms with Crippen molar-refractivity contribution in [3.05, 3.63) is 0 Å². The summed E-state index contributed by atoms with van der Waals surface area (Å²) in [6.45, 7) is 2.36. The Balaban J connectivity index is 4.17. The zero-order valence-electron chi connectivity index (χ0n) is 7.90. The number of likely N-dealkylation sites (N-methyl/N-ethyl adjacent to an activating group) is 1. The van der Waals surface area contributed by atoms with Crippen LogP contribution < -0.4 is 5.32 Å². The molecule has 0 heterocycles. The van der Waals surface area contributed by atoms with Crippen molar-refractivity contribution in [2.75, 3.05) is 7.05 Å². The first-order chi connectivity index (χ1) is 5.79. The molecule has 0 bridgehead atoms. The molecule has 0 radical (unpaired) electrons. The molecular formula is C8H14F3NO. The molecule has 78 valence electrons. The van der Waals surface area contributed by atoms with Crippen molar-refractivity contribution in [3.63, 3.8) is 0 Å².